The molecule has 0 radical (unpaired) electrons. The highest BCUT2D eigenvalue weighted by Gasteiger charge is 2.58. The predicted molar refractivity (Wildman–Crippen MR) is 120 cm³/mol. The first-order chi connectivity index (χ1) is 15.7. The van der Waals surface area contributed by atoms with Crippen LogP contribution in [0.5, 0.6) is 0 Å². The average Bonchev–Trinajstić information content (AvgIpc) is 3.35. The summed E-state index contributed by atoms with van der Waals surface area (Å²) >= 11 is 0. The zero-order chi connectivity index (χ0) is 23.4. The molecule has 3 aliphatic rings. The Morgan fingerprint density at radius 1 is 1.12 bits per heavy atom. The lowest BCUT2D eigenvalue weighted by atomic mass is 10.1. The van der Waals surface area contributed by atoms with Crippen molar-refractivity contribution in [2.75, 3.05) is 23.7 Å². The number of pyridine rings is 1. The van der Waals surface area contributed by atoms with E-state index in [-0.39, 0.29) is 47.0 Å². The quantitative estimate of drug-likeness (QED) is 0.639. The number of alkyl halides is 2. The van der Waals surface area contributed by atoms with Gasteiger partial charge in [0, 0.05) is 44.2 Å². The highest BCUT2D eigenvalue weighted by Crippen LogP contribution is 2.56. The molecule has 2 aromatic rings. The van der Waals surface area contributed by atoms with E-state index in [4.69, 9.17) is 0 Å². The Morgan fingerprint density at radius 2 is 1.79 bits per heavy atom. The first kappa shape index (κ1) is 22.3. The van der Waals surface area contributed by atoms with Crippen LogP contribution < -0.4 is 4.90 Å². The van der Waals surface area contributed by atoms with E-state index in [2.05, 4.69) is 9.88 Å². The van der Waals surface area contributed by atoms with Crippen LogP contribution >= 0.6 is 0 Å². The molecule has 2 saturated heterocycles. The third-order valence-electron chi connectivity index (χ3n) is 7.04. The van der Waals surface area contributed by atoms with Crippen molar-refractivity contribution in [1.29, 1.82) is 0 Å². The number of likely N-dealkylation sites (tertiary alicyclic amines) is 1. The monoisotopic (exact) mass is 475 g/mol. The van der Waals surface area contributed by atoms with Crippen LogP contribution in [0.15, 0.2) is 47.5 Å². The molecule has 1 aromatic heterocycles. The standard InChI is InChI=1S/C24H27F2N3O3S/c1-16-6-9-22(27-13-16)29-17-7-8-18(29)15-28(14-17)23(30)10-11-33(31,32)21-5-3-2-4-19(21)20-12-24(20,25)26/h2-6,9,13,17-18,20H,7-8,10-12,14-15H2,1H3/t17?,18?,20-/m0/s1. The fourth-order valence-corrected chi connectivity index (χ4v) is 6.70. The van der Waals surface area contributed by atoms with E-state index in [1.807, 2.05) is 25.3 Å². The van der Waals surface area contributed by atoms with Crippen molar-refractivity contribution in [3.8, 4) is 0 Å². The van der Waals surface area contributed by atoms with E-state index in [0.29, 0.717) is 13.1 Å². The molecule has 176 valence electrons. The molecule has 2 unspecified atom stereocenters. The van der Waals surface area contributed by atoms with E-state index in [9.17, 15) is 22.0 Å². The first-order valence-electron chi connectivity index (χ1n) is 11.3. The van der Waals surface area contributed by atoms with Crippen molar-refractivity contribution in [3.63, 3.8) is 0 Å². The number of fused-ring (bicyclic) bond motifs is 2. The first-order valence-corrected chi connectivity index (χ1v) is 13.0. The molecule has 9 heteroatoms. The summed E-state index contributed by atoms with van der Waals surface area (Å²) in [5.74, 6) is -3.58. The largest absolute Gasteiger partial charge is 0.347 e. The number of carbonyl (C=O) groups is 1. The molecule has 1 saturated carbocycles. The molecule has 5 rings (SSSR count). The van der Waals surface area contributed by atoms with Gasteiger partial charge in [-0.1, -0.05) is 24.3 Å². The average molecular weight is 476 g/mol. The minimum absolute atomic E-state index is 0.0738. The molecule has 0 N–H and O–H groups in total. The van der Waals surface area contributed by atoms with Gasteiger partial charge < -0.3 is 9.80 Å². The zero-order valence-corrected chi connectivity index (χ0v) is 19.3. The number of nitrogens with zero attached hydrogens (tertiary/aromatic N) is 3. The van der Waals surface area contributed by atoms with Gasteiger partial charge in [-0.3, -0.25) is 4.79 Å². The topological polar surface area (TPSA) is 70.6 Å². The molecule has 3 atom stereocenters. The second-order valence-electron chi connectivity index (χ2n) is 9.41. The van der Waals surface area contributed by atoms with Crippen molar-refractivity contribution in [1.82, 2.24) is 9.88 Å². The third kappa shape index (κ3) is 4.23. The van der Waals surface area contributed by atoms with Crippen molar-refractivity contribution in [2.24, 2.45) is 0 Å². The van der Waals surface area contributed by atoms with Crippen molar-refractivity contribution >= 4 is 21.6 Å². The van der Waals surface area contributed by atoms with Crippen LogP contribution in [-0.4, -0.2) is 61.1 Å². The maximum Gasteiger partial charge on any atom is 0.255 e. The van der Waals surface area contributed by atoms with Crippen LogP contribution in [0, 0.1) is 6.92 Å². The Hall–Kier alpha value is -2.55. The summed E-state index contributed by atoms with van der Waals surface area (Å²) in [6, 6.07) is 10.3. The number of amides is 1. The Balaban J connectivity index is 1.24. The van der Waals surface area contributed by atoms with E-state index >= 15 is 0 Å². The van der Waals surface area contributed by atoms with Gasteiger partial charge >= 0.3 is 0 Å². The molecule has 33 heavy (non-hydrogen) atoms. The summed E-state index contributed by atoms with van der Waals surface area (Å²) < 4.78 is 53.1. The van der Waals surface area contributed by atoms with Crippen molar-refractivity contribution < 1.29 is 22.0 Å². The fourth-order valence-electron chi connectivity index (χ4n) is 5.19. The molecular formula is C24H27F2N3O3S. The molecule has 1 amide bonds. The fraction of sp³-hybridized carbons (Fsp3) is 0.500. The number of rotatable bonds is 6. The van der Waals surface area contributed by atoms with E-state index in [1.54, 1.807) is 11.0 Å². The number of hydrogen-bond donors (Lipinski definition) is 0. The highest BCUT2D eigenvalue weighted by molar-refractivity contribution is 7.91. The summed E-state index contributed by atoms with van der Waals surface area (Å²) in [7, 11) is -3.85. The van der Waals surface area contributed by atoms with E-state index < -0.39 is 21.7 Å². The molecule has 1 aromatic carbocycles. The van der Waals surface area contributed by atoms with Gasteiger partial charge in [-0.15, -0.1) is 0 Å². The smallest absolute Gasteiger partial charge is 0.255 e. The van der Waals surface area contributed by atoms with Crippen LogP contribution in [0.1, 0.15) is 42.7 Å². The van der Waals surface area contributed by atoms with Crippen LogP contribution in [0.25, 0.3) is 0 Å². The molecule has 3 fully saturated rings. The van der Waals surface area contributed by atoms with Gasteiger partial charge in [-0.25, -0.2) is 22.2 Å². The number of anilines is 1. The molecule has 6 nitrogen and oxygen atoms in total. The lowest BCUT2D eigenvalue weighted by Crippen LogP contribution is -2.55. The van der Waals surface area contributed by atoms with Gasteiger partial charge in [0.1, 0.15) is 5.82 Å². The highest BCUT2D eigenvalue weighted by atomic mass is 32.2. The Labute approximate surface area is 192 Å². The molecule has 1 aliphatic carbocycles. The minimum atomic E-state index is -3.85. The van der Waals surface area contributed by atoms with Gasteiger partial charge in [0.05, 0.1) is 16.6 Å². The number of benzene rings is 1. The van der Waals surface area contributed by atoms with Gasteiger partial charge in [0.2, 0.25) is 5.91 Å². The third-order valence-corrected chi connectivity index (χ3v) is 8.82. The number of sulfone groups is 1. The summed E-state index contributed by atoms with van der Waals surface area (Å²) in [4.78, 5) is 21.4. The van der Waals surface area contributed by atoms with E-state index in [1.165, 1.54) is 18.2 Å². The number of piperazine rings is 1. The Kier molecular flexibility index (Phi) is 5.42. The van der Waals surface area contributed by atoms with Gasteiger partial charge in [-0.05, 0) is 43.0 Å². The van der Waals surface area contributed by atoms with Crippen LogP contribution in [-0.2, 0) is 14.6 Å². The summed E-state index contributed by atoms with van der Waals surface area (Å²) in [5.41, 5.74) is 1.25. The lowest BCUT2D eigenvalue weighted by molar-refractivity contribution is -0.131. The second kappa shape index (κ2) is 8.04. The number of carbonyl (C=O) groups excluding carboxylic acids is 1. The number of hydrogen-bond acceptors (Lipinski definition) is 5. The maximum absolute atomic E-state index is 13.6. The number of halogens is 2. The van der Waals surface area contributed by atoms with Gasteiger partial charge in [0.15, 0.2) is 9.84 Å². The second-order valence-corrected chi connectivity index (χ2v) is 11.5. The molecular weight excluding hydrogens is 448 g/mol. The van der Waals surface area contributed by atoms with Crippen molar-refractivity contribution in [2.45, 2.75) is 61.4 Å². The lowest BCUT2D eigenvalue weighted by Gasteiger charge is -2.41. The zero-order valence-electron chi connectivity index (χ0n) is 18.5. The van der Waals surface area contributed by atoms with Crippen LogP contribution in [0.2, 0.25) is 0 Å². The van der Waals surface area contributed by atoms with E-state index in [0.717, 1.165) is 24.2 Å². The summed E-state index contributed by atoms with van der Waals surface area (Å²) in [5, 5.41) is 0. The Morgan fingerprint density at radius 3 is 2.39 bits per heavy atom. The molecule has 0 spiro atoms. The molecule has 2 bridgehead atoms. The normalized spacial score (nSPS) is 25.8. The van der Waals surface area contributed by atoms with Crippen LogP contribution in [0.4, 0.5) is 14.6 Å². The number of aromatic nitrogens is 1. The SMILES string of the molecule is Cc1ccc(N2C3CCC2CN(C(=O)CCS(=O)(=O)c2ccccc2[C@@H]2CC2(F)F)C3)nc1. The minimum Gasteiger partial charge on any atom is -0.347 e. The van der Waals surface area contributed by atoms with Gasteiger partial charge in [-0.2, -0.15) is 0 Å². The van der Waals surface area contributed by atoms with Crippen LogP contribution in [0.3, 0.4) is 0 Å². The molecule has 3 heterocycles. The maximum atomic E-state index is 13.6. The summed E-state index contributed by atoms with van der Waals surface area (Å²) in [6.45, 7) is 3.07. The Bertz CT molecular complexity index is 1160. The summed E-state index contributed by atoms with van der Waals surface area (Å²) in [6.07, 6.45) is 3.28. The van der Waals surface area contributed by atoms with Crippen molar-refractivity contribution in [3.05, 3.63) is 53.7 Å². The molecule has 2 aliphatic heterocycles. The predicted octanol–water partition coefficient (Wildman–Crippen LogP) is 3.56. The van der Waals surface area contributed by atoms with Gasteiger partial charge in [0.25, 0.3) is 5.92 Å². The number of aryl methyl sites for hydroxylation is 1.